The molecule has 2 aliphatic rings. The number of piperidine rings is 1. The zero-order chi connectivity index (χ0) is 15.6. The molecular weight excluding hydrogens is 300 g/mol. The summed E-state index contributed by atoms with van der Waals surface area (Å²) in [5.41, 5.74) is -0.490. The highest BCUT2D eigenvalue weighted by atomic mass is 32.2. The molecule has 0 bridgehead atoms. The molecule has 0 unspecified atom stereocenters. The zero-order valence-corrected chi connectivity index (χ0v) is 13.6. The van der Waals surface area contributed by atoms with Gasteiger partial charge in [0.25, 0.3) is 0 Å². The average Bonchev–Trinajstić information content (AvgIpc) is 2.48. The summed E-state index contributed by atoms with van der Waals surface area (Å²) in [6.45, 7) is 2.40. The lowest BCUT2D eigenvalue weighted by atomic mass is 9.79. The summed E-state index contributed by atoms with van der Waals surface area (Å²) in [5.74, 6) is 0. The lowest BCUT2D eigenvalue weighted by molar-refractivity contribution is -0.0623. The van der Waals surface area contributed by atoms with Gasteiger partial charge in [-0.1, -0.05) is 18.2 Å². The van der Waals surface area contributed by atoms with E-state index in [0.29, 0.717) is 4.90 Å². The third-order valence-electron chi connectivity index (χ3n) is 4.77. The molecule has 1 aliphatic heterocycles. The number of rotatable bonds is 5. The molecule has 2 fully saturated rings. The molecule has 3 rings (SSSR count). The van der Waals surface area contributed by atoms with E-state index in [0.717, 1.165) is 51.7 Å². The SMILES string of the molecule is O=S(=O)(NC1CCN(CC2(O)CCC2)CC1)c1ccccc1. The fourth-order valence-electron chi connectivity index (χ4n) is 3.26. The van der Waals surface area contributed by atoms with Crippen LogP contribution in [-0.2, 0) is 10.0 Å². The van der Waals surface area contributed by atoms with Gasteiger partial charge in [0.15, 0.2) is 0 Å². The van der Waals surface area contributed by atoms with Gasteiger partial charge in [-0.15, -0.1) is 0 Å². The molecule has 2 N–H and O–H groups in total. The third kappa shape index (κ3) is 3.68. The molecule has 1 saturated heterocycles. The van der Waals surface area contributed by atoms with Gasteiger partial charge in [0.1, 0.15) is 0 Å². The molecule has 0 aromatic heterocycles. The van der Waals surface area contributed by atoms with Crippen molar-refractivity contribution in [2.45, 2.75) is 48.6 Å². The summed E-state index contributed by atoms with van der Waals surface area (Å²) >= 11 is 0. The Morgan fingerprint density at radius 1 is 1.18 bits per heavy atom. The van der Waals surface area contributed by atoms with E-state index in [1.54, 1.807) is 24.3 Å². The fraction of sp³-hybridized carbons (Fsp3) is 0.625. The summed E-state index contributed by atoms with van der Waals surface area (Å²) in [6, 6.07) is 8.49. The minimum absolute atomic E-state index is 0.0162. The quantitative estimate of drug-likeness (QED) is 0.858. The van der Waals surface area contributed by atoms with Crippen LogP contribution in [0.1, 0.15) is 32.1 Å². The molecule has 122 valence electrons. The molecule has 1 saturated carbocycles. The van der Waals surface area contributed by atoms with Crippen molar-refractivity contribution in [2.24, 2.45) is 0 Å². The van der Waals surface area contributed by atoms with Crippen molar-refractivity contribution >= 4 is 10.0 Å². The largest absolute Gasteiger partial charge is 0.389 e. The van der Waals surface area contributed by atoms with Crippen molar-refractivity contribution in [3.63, 3.8) is 0 Å². The molecule has 1 heterocycles. The standard InChI is InChI=1S/C16H24N2O3S/c19-16(9-4-10-16)13-18-11-7-14(8-12-18)17-22(20,21)15-5-2-1-3-6-15/h1-3,5-6,14,17,19H,4,7-13H2. The first-order chi connectivity index (χ1) is 10.5. The maximum absolute atomic E-state index is 12.3. The lowest BCUT2D eigenvalue weighted by Gasteiger charge is -2.42. The summed E-state index contributed by atoms with van der Waals surface area (Å²) < 4.78 is 27.4. The fourth-order valence-corrected chi connectivity index (χ4v) is 4.58. The van der Waals surface area contributed by atoms with Gasteiger partial charge in [0.05, 0.1) is 10.5 Å². The van der Waals surface area contributed by atoms with Crippen LogP contribution in [0, 0.1) is 0 Å². The van der Waals surface area contributed by atoms with Gasteiger partial charge in [0.2, 0.25) is 10.0 Å². The topological polar surface area (TPSA) is 69.6 Å². The van der Waals surface area contributed by atoms with Crippen LogP contribution >= 0.6 is 0 Å². The Hall–Kier alpha value is -0.950. The second kappa shape index (κ2) is 6.28. The molecule has 5 nitrogen and oxygen atoms in total. The second-order valence-corrected chi connectivity index (χ2v) is 8.28. The predicted octanol–water partition coefficient (Wildman–Crippen LogP) is 1.34. The van der Waals surface area contributed by atoms with Gasteiger partial charge >= 0.3 is 0 Å². The van der Waals surface area contributed by atoms with Gasteiger partial charge in [-0.2, -0.15) is 0 Å². The highest BCUT2D eigenvalue weighted by Crippen LogP contribution is 2.33. The Kier molecular flexibility index (Phi) is 4.54. The van der Waals surface area contributed by atoms with Crippen LogP contribution in [0.25, 0.3) is 0 Å². The Morgan fingerprint density at radius 3 is 2.36 bits per heavy atom. The molecule has 0 atom stereocenters. The van der Waals surface area contributed by atoms with Crippen LogP contribution in [0.5, 0.6) is 0 Å². The lowest BCUT2D eigenvalue weighted by Crippen LogP contribution is -2.52. The van der Waals surface area contributed by atoms with Crippen LogP contribution in [0.15, 0.2) is 35.2 Å². The molecule has 0 amide bonds. The zero-order valence-electron chi connectivity index (χ0n) is 12.7. The average molecular weight is 324 g/mol. The Labute approximate surface area is 132 Å². The van der Waals surface area contributed by atoms with Crippen molar-refractivity contribution in [1.82, 2.24) is 9.62 Å². The van der Waals surface area contributed by atoms with Gasteiger partial charge in [-0.3, -0.25) is 0 Å². The first-order valence-corrected chi connectivity index (χ1v) is 9.47. The summed E-state index contributed by atoms with van der Waals surface area (Å²) in [7, 11) is -3.42. The van der Waals surface area contributed by atoms with E-state index in [4.69, 9.17) is 0 Å². The first-order valence-electron chi connectivity index (χ1n) is 7.99. The predicted molar refractivity (Wildman–Crippen MR) is 85.0 cm³/mol. The molecular formula is C16H24N2O3S. The summed E-state index contributed by atoms with van der Waals surface area (Å²) in [5, 5.41) is 10.2. The maximum atomic E-state index is 12.3. The van der Waals surface area contributed by atoms with Crippen LogP contribution in [0.4, 0.5) is 0 Å². The van der Waals surface area contributed by atoms with Crippen molar-refractivity contribution in [1.29, 1.82) is 0 Å². The van der Waals surface area contributed by atoms with Crippen LogP contribution in [0.3, 0.4) is 0 Å². The third-order valence-corrected chi connectivity index (χ3v) is 6.30. The number of benzene rings is 1. The smallest absolute Gasteiger partial charge is 0.240 e. The van der Waals surface area contributed by atoms with Crippen molar-refractivity contribution in [3.05, 3.63) is 30.3 Å². The molecule has 1 aromatic rings. The van der Waals surface area contributed by atoms with E-state index in [1.165, 1.54) is 0 Å². The van der Waals surface area contributed by atoms with Gasteiger partial charge < -0.3 is 10.0 Å². The highest BCUT2D eigenvalue weighted by Gasteiger charge is 2.37. The Bertz CT molecular complexity index is 591. The molecule has 1 aromatic carbocycles. The monoisotopic (exact) mass is 324 g/mol. The van der Waals surface area contributed by atoms with E-state index in [1.807, 2.05) is 6.07 Å². The number of hydrogen-bond acceptors (Lipinski definition) is 4. The minimum atomic E-state index is -3.42. The summed E-state index contributed by atoms with van der Waals surface area (Å²) in [6.07, 6.45) is 4.50. The number of β-amino-alcohol motifs (C(OH)–C–C–N with tert-alkyl or cyclic N) is 1. The van der Waals surface area contributed by atoms with Gasteiger partial charge in [-0.25, -0.2) is 13.1 Å². The molecule has 0 radical (unpaired) electrons. The van der Waals surface area contributed by atoms with E-state index in [-0.39, 0.29) is 6.04 Å². The van der Waals surface area contributed by atoms with E-state index < -0.39 is 15.6 Å². The number of nitrogens with zero attached hydrogens (tertiary/aromatic N) is 1. The van der Waals surface area contributed by atoms with E-state index >= 15 is 0 Å². The van der Waals surface area contributed by atoms with Crippen molar-refractivity contribution in [3.8, 4) is 0 Å². The molecule has 0 spiro atoms. The number of hydrogen-bond donors (Lipinski definition) is 2. The summed E-state index contributed by atoms with van der Waals surface area (Å²) in [4.78, 5) is 2.58. The van der Waals surface area contributed by atoms with Gasteiger partial charge in [-0.05, 0) is 57.3 Å². The van der Waals surface area contributed by atoms with E-state index in [9.17, 15) is 13.5 Å². The number of sulfonamides is 1. The van der Waals surface area contributed by atoms with Crippen LogP contribution < -0.4 is 4.72 Å². The van der Waals surface area contributed by atoms with E-state index in [2.05, 4.69) is 9.62 Å². The van der Waals surface area contributed by atoms with Crippen molar-refractivity contribution in [2.75, 3.05) is 19.6 Å². The van der Waals surface area contributed by atoms with Crippen LogP contribution in [-0.4, -0.2) is 49.7 Å². The normalized spacial score (nSPS) is 23.1. The van der Waals surface area contributed by atoms with Crippen molar-refractivity contribution < 1.29 is 13.5 Å². The first kappa shape index (κ1) is 15.9. The molecule has 22 heavy (non-hydrogen) atoms. The Morgan fingerprint density at radius 2 is 1.82 bits per heavy atom. The highest BCUT2D eigenvalue weighted by molar-refractivity contribution is 7.89. The minimum Gasteiger partial charge on any atom is -0.389 e. The molecule has 1 aliphatic carbocycles. The number of likely N-dealkylation sites (tertiary alicyclic amines) is 1. The second-order valence-electron chi connectivity index (χ2n) is 6.56. The number of aliphatic hydroxyl groups is 1. The number of nitrogens with one attached hydrogen (secondary N) is 1. The molecule has 6 heteroatoms. The Balaban J connectivity index is 1.51. The van der Waals surface area contributed by atoms with Gasteiger partial charge in [0, 0.05) is 12.6 Å². The van der Waals surface area contributed by atoms with Crippen LogP contribution in [0.2, 0.25) is 0 Å². The maximum Gasteiger partial charge on any atom is 0.240 e.